The van der Waals surface area contributed by atoms with Gasteiger partial charge in [0, 0.05) is 26.9 Å². The highest BCUT2D eigenvalue weighted by Gasteiger charge is 2.49. The second kappa shape index (κ2) is 6.80. The van der Waals surface area contributed by atoms with Crippen LogP contribution < -0.4 is 0 Å². The van der Waals surface area contributed by atoms with Crippen molar-refractivity contribution in [3.05, 3.63) is 12.2 Å². The Kier molecular flexibility index (Phi) is 6.50. The van der Waals surface area contributed by atoms with Crippen molar-refractivity contribution in [2.75, 3.05) is 21.3 Å². The minimum atomic E-state index is -2.94. The molecular formula is C10H20O5Si. The molecule has 0 N–H and O–H groups in total. The Morgan fingerprint density at radius 3 is 1.94 bits per heavy atom. The van der Waals surface area contributed by atoms with E-state index in [0.29, 0.717) is 12.0 Å². The molecule has 5 nitrogen and oxygen atoms in total. The molecule has 0 aliphatic carbocycles. The van der Waals surface area contributed by atoms with E-state index >= 15 is 0 Å². The molecule has 0 aliphatic heterocycles. The van der Waals surface area contributed by atoms with E-state index < -0.39 is 20.5 Å². The van der Waals surface area contributed by atoms with Gasteiger partial charge in [0.15, 0.2) is 5.73 Å². The Bertz CT molecular complexity index is 241. The van der Waals surface area contributed by atoms with Crippen LogP contribution in [0.15, 0.2) is 12.2 Å². The summed E-state index contributed by atoms with van der Waals surface area (Å²) in [5.74, 6) is -0.463. The van der Waals surface area contributed by atoms with Gasteiger partial charge in [0.1, 0.15) is 0 Å². The normalized spacial score (nSPS) is 13.3. The summed E-state index contributed by atoms with van der Waals surface area (Å²) in [5.41, 5.74) is -0.179. The number of rotatable bonds is 7. The van der Waals surface area contributed by atoms with Crippen LogP contribution in [0.3, 0.4) is 0 Å². The average molecular weight is 248 g/mol. The van der Waals surface area contributed by atoms with Gasteiger partial charge in [-0.3, -0.25) is 0 Å². The third kappa shape index (κ3) is 3.41. The van der Waals surface area contributed by atoms with Crippen LogP contribution in [0.25, 0.3) is 0 Å². The molecule has 94 valence electrons. The van der Waals surface area contributed by atoms with Gasteiger partial charge in [-0.1, -0.05) is 13.5 Å². The van der Waals surface area contributed by atoms with E-state index in [-0.39, 0.29) is 0 Å². The van der Waals surface area contributed by atoms with Crippen molar-refractivity contribution in [3.63, 3.8) is 0 Å². The summed E-state index contributed by atoms with van der Waals surface area (Å²) in [6, 6.07) is 0. The van der Waals surface area contributed by atoms with Crippen LogP contribution in [0.1, 0.15) is 20.3 Å². The van der Waals surface area contributed by atoms with Gasteiger partial charge in [-0.15, -0.1) is 0 Å². The maximum Gasteiger partial charge on any atom is 0.543 e. The molecule has 1 atom stereocenters. The molecule has 0 rings (SSSR count). The predicted molar refractivity (Wildman–Crippen MR) is 61.8 cm³/mol. The summed E-state index contributed by atoms with van der Waals surface area (Å²) in [6.45, 7) is 6.98. The molecule has 0 aromatic rings. The largest absolute Gasteiger partial charge is 0.543 e. The van der Waals surface area contributed by atoms with Gasteiger partial charge in [0.2, 0.25) is 0 Å². The third-order valence-corrected chi connectivity index (χ3v) is 5.24. The van der Waals surface area contributed by atoms with Crippen molar-refractivity contribution in [1.29, 1.82) is 0 Å². The SMILES string of the molecule is C=C(C)C(=O)OC(CC)[Si](OC)(OC)OC. The quantitative estimate of drug-likeness (QED) is 0.386. The van der Waals surface area contributed by atoms with Crippen LogP contribution >= 0.6 is 0 Å². The number of ether oxygens (including phenoxy) is 1. The first-order chi connectivity index (χ1) is 7.47. The Labute approximate surface area is 97.7 Å². The fourth-order valence-electron chi connectivity index (χ4n) is 1.28. The van der Waals surface area contributed by atoms with E-state index in [1.54, 1.807) is 6.92 Å². The summed E-state index contributed by atoms with van der Waals surface area (Å²) >= 11 is 0. The van der Waals surface area contributed by atoms with Gasteiger partial charge < -0.3 is 18.0 Å². The van der Waals surface area contributed by atoms with Gasteiger partial charge in [-0.05, 0) is 13.3 Å². The lowest BCUT2D eigenvalue weighted by molar-refractivity contribution is -0.143. The molecule has 0 aliphatic rings. The highest BCUT2D eigenvalue weighted by atomic mass is 28.4. The third-order valence-electron chi connectivity index (χ3n) is 2.22. The van der Waals surface area contributed by atoms with Crippen LogP contribution in [-0.2, 0) is 22.8 Å². The van der Waals surface area contributed by atoms with E-state index in [2.05, 4.69) is 6.58 Å². The standard InChI is InChI=1S/C10H20O5Si/c1-7-9(15-10(11)8(2)3)16(12-4,13-5)14-6/h9H,2,7H2,1,3-6H3. The number of carbonyl (C=O) groups is 1. The van der Waals surface area contributed by atoms with Gasteiger partial charge in [-0.2, -0.15) is 0 Å². The predicted octanol–water partition coefficient (Wildman–Crippen LogP) is 1.30. The van der Waals surface area contributed by atoms with E-state index in [9.17, 15) is 4.79 Å². The van der Waals surface area contributed by atoms with Crippen molar-refractivity contribution in [1.82, 2.24) is 0 Å². The fraction of sp³-hybridized carbons (Fsp3) is 0.700. The Morgan fingerprint density at radius 2 is 1.69 bits per heavy atom. The van der Waals surface area contributed by atoms with Crippen molar-refractivity contribution >= 4 is 14.8 Å². The van der Waals surface area contributed by atoms with E-state index in [4.69, 9.17) is 18.0 Å². The van der Waals surface area contributed by atoms with Gasteiger partial charge >= 0.3 is 14.8 Å². The molecule has 0 spiro atoms. The summed E-state index contributed by atoms with van der Waals surface area (Å²) in [4.78, 5) is 11.4. The summed E-state index contributed by atoms with van der Waals surface area (Å²) in [7, 11) is 1.51. The van der Waals surface area contributed by atoms with Gasteiger partial charge in [-0.25, -0.2) is 4.79 Å². The number of hydrogen-bond donors (Lipinski definition) is 0. The molecule has 0 aromatic carbocycles. The summed E-state index contributed by atoms with van der Waals surface area (Å²) in [5, 5.41) is 0. The van der Waals surface area contributed by atoms with Crippen molar-refractivity contribution < 1.29 is 22.8 Å². The average Bonchev–Trinajstić information content (AvgIpc) is 2.29. The molecule has 0 radical (unpaired) electrons. The Hall–Kier alpha value is -0.693. The summed E-state index contributed by atoms with van der Waals surface area (Å²) < 4.78 is 21.0. The van der Waals surface area contributed by atoms with Crippen LogP contribution in [0, 0.1) is 0 Å². The Balaban J connectivity index is 4.81. The molecule has 0 saturated carbocycles. The topological polar surface area (TPSA) is 54.0 Å². The lowest BCUT2D eigenvalue weighted by Crippen LogP contribution is -2.56. The second-order valence-electron chi connectivity index (χ2n) is 3.30. The van der Waals surface area contributed by atoms with Crippen LogP contribution in [0.5, 0.6) is 0 Å². The van der Waals surface area contributed by atoms with Gasteiger partial charge in [0.25, 0.3) is 0 Å². The van der Waals surface area contributed by atoms with Crippen LogP contribution in [-0.4, -0.2) is 41.8 Å². The highest BCUT2D eigenvalue weighted by molar-refractivity contribution is 6.62. The maximum absolute atomic E-state index is 11.4. The molecule has 16 heavy (non-hydrogen) atoms. The Morgan fingerprint density at radius 1 is 1.25 bits per heavy atom. The minimum Gasteiger partial charge on any atom is -0.454 e. The lowest BCUT2D eigenvalue weighted by Gasteiger charge is -2.31. The van der Waals surface area contributed by atoms with E-state index in [1.165, 1.54) is 21.3 Å². The van der Waals surface area contributed by atoms with Crippen molar-refractivity contribution in [2.24, 2.45) is 0 Å². The molecular weight excluding hydrogens is 228 g/mol. The van der Waals surface area contributed by atoms with E-state index in [1.807, 2.05) is 6.92 Å². The first kappa shape index (κ1) is 15.3. The van der Waals surface area contributed by atoms with E-state index in [0.717, 1.165) is 0 Å². The van der Waals surface area contributed by atoms with Gasteiger partial charge in [0.05, 0.1) is 0 Å². The molecule has 0 aromatic heterocycles. The smallest absolute Gasteiger partial charge is 0.454 e. The van der Waals surface area contributed by atoms with Crippen molar-refractivity contribution in [2.45, 2.75) is 26.0 Å². The monoisotopic (exact) mass is 248 g/mol. The highest BCUT2D eigenvalue weighted by Crippen LogP contribution is 2.19. The molecule has 0 bridgehead atoms. The first-order valence-corrected chi connectivity index (χ1v) is 6.79. The molecule has 6 heteroatoms. The minimum absolute atomic E-state index is 0.338. The van der Waals surface area contributed by atoms with Crippen LogP contribution in [0.2, 0.25) is 0 Å². The number of esters is 1. The summed E-state index contributed by atoms with van der Waals surface area (Å²) in [6.07, 6.45) is 0.556. The number of carbonyl (C=O) groups excluding carboxylic acids is 1. The molecule has 0 saturated heterocycles. The molecule has 1 unspecified atom stereocenters. The zero-order valence-corrected chi connectivity index (χ0v) is 11.5. The lowest BCUT2D eigenvalue weighted by atomic mass is 10.4. The molecule has 0 heterocycles. The number of hydrogen-bond acceptors (Lipinski definition) is 5. The van der Waals surface area contributed by atoms with Crippen molar-refractivity contribution in [3.8, 4) is 0 Å². The van der Waals surface area contributed by atoms with Crippen LogP contribution in [0.4, 0.5) is 0 Å². The molecule has 0 fully saturated rings. The maximum atomic E-state index is 11.4. The first-order valence-electron chi connectivity index (χ1n) is 4.99. The molecule has 0 amide bonds. The zero-order chi connectivity index (χ0) is 12.8. The fourth-order valence-corrected chi connectivity index (χ4v) is 3.32. The zero-order valence-electron chi connectivity index (χ0n) is 10.5. The second-order valence-corrected chi connectivity index (χ2v) is 6.37.